The van der Waals surface area contributed by atoms with Gasteiger partial charge in [0.15, 0.2) is 0 Å². The van der Waals surface area contributed by atoms with Crippen molar-refractivity contribution in [2.45, 2.75) is 32.9 Å². The van der Waals surface area contributed by atoms with Crippen LogP contribution in [0, 0.1) is 5.82 Å². The molecule has 1 aliphatic heterocycles. The number of aromatic nitrogens is 1. The molecular formula is C20H24FN3O2. The number of hydrogen-bond donors (Lipinski definition) is 0. The minimum atomic E-state index is -0.483. The first kappa shape index (κ1) is 18.2. The maximum Gasteiger partial charge on any atom is 0.243 e. The fourth-order valence-corrected chi connectivity index (χ4v) is 3.55. The van der Waals surface area contributed by atoms with E-state index in [9.17, 15) is 14.0 Å². The van der Waals surface area contributed by atoms with Gasteiger partial charge in [-0.25, -0.2) is 4.39 Å². The first-order valence-corrected chi connectivity index (χ1v) is 8.97. The first-order chi connectivity index (χ1) is 12.5. The maximum absolute atomic E-state index is 14.5. The van der Waals surface area contributed by atoms with E-state index in [-0.39, 0.29) is 24.2 Å². The predicted molar refractivity (Wildman–Crippen MR) is 96.9 cm³/mol. The molecule has 0 saturated heterocycles. The van der Waals surface area contributed by atoms with Crippen molar-refractivity contribution in [1.82, 2.24) is 14.4 Å². The van der Waals surface area contributed by atoms with Gasteiger partial charge in [-0.05, 0) is 24.6 Å². The molecule has 0 aliphatic carbocycles. The monoisotopic (exact) mass is 357 g/mol. The van der Waals surface area contributed by atoms with E-state index in [1.54, 1.807) is 28.0 Å². The Bertz CT molecular complexity index is 802. The van der Waals surface area contributed by atoms with Crippen molar-refractivity contribution in [1.29, 1.82) is 0 Å². The molecular weight excluding hydrogens is 333 g/mol. The van der Waals surface area contributed by atoms with Gasteiger partial charge in [-0.2, -0.15) is 0 Å². The normalized spacial score (nSPS) is 16.3. The van der Waals surface area contributed by atoms with Gasteiger partial charge in [-0.15, -0.1) is 0 Å². The highest BCUT2D eigenvalue weighted by Gasteiger charge is 2.34. The van der Waals surface area contributed by atoms with Crippen molar-refractivity contribution in [3.63, 3.8) is 0 Å². The van der Waals surface area contributed by atoms with E-state index in [0.29, 0.717) is 25.2 Å². The van der Waals surface area contributed by atoms with Crippen LogP contribution in [0.25, 0.3) is 0 Å². The number of carbonyl (C=O) groups excluding carboxylic acids is 2. The Labute approximate surface area is 153 Å². The van der Waals surface area contributed by atoms with Crippen LogP contribution in [0.4, 0.5) is 4.39 Å². The molecule has 5 nitrogen and oxygen atoms in total. The molecule has 1 aliphatic rings. The van der Waals surface area contributed by atoms with Crippen molar-refractivity contribution in [3.05, 3.63) is 59.7 Å². The van der Waals surface area contributed by atoms with Crippen LogP contribution in [-0.2, 0) is 16.1 Å². The van der Waals surface area contributed by atoms with Gasteiger partial charge in [0.05, 0.1) is 6.54 Å². The second kappa shape index (κ2) is 7.72. The number of benzene rings is 1. The van der Waals surface area contributed by atoms with Crippen LogP contribution in [0.5, 0.6) is 0 Å². The molecule has 0 N–H and O–H groups in total. The quantitative estimate of drug-likeness (QED) is 0.826. The molecule has 1 aromatic carbocycles. The fraction of sp³-hybridized carbons (Fsp3) is 0.400. The topological polar surface area (TPSA) is 45.6 Å². The van der Waals surface area contributed by atoms with Crippen LogP contribution in [0.1, 0.15) is 37.6 Å². The summed E-state index contributed by atoms with van der Waals surface area (Å²) in [5.41, 5.74) is 1.37. The molecule has 2 aromatic rings. The molecule has 2 heterocycles. The zero-order valence-corrected chi connectivity index (χ0v) is 15.2. The van der Waals surface area contributed by atoms with Crippen LogP contribution in [0.15, 0.2) is 42.6 Å². The number of amides is 2. The van der Waals surface area contributed by atoms with E-state index >= 15 is 0 Å². The lowest BCUT2D eigenvalue weighted by molar-refractivity contribution is -0.141. The summed E-state index contributed by atoms with van der Waals surface area (Å²) in [5.74, 6) is -0.612. The van der Waals surface area contributed by atoms with Crippen molar-refractivity contribution >= 4 is 11.8 Å². The summed E-state index contributed by atoms with van der Waals surface area (Å²) in [4.78, 5) is 28.1. The molecule has 6 heteroatoms. The highest BCUT2D eigenvalue weighted by atomic mass is 19.1. The van der Waals surface area contributed by atoms with E-state index in [1.165, 1.54) is 13.0 Å². The molecule has 26 heavy (non-hydrogen) atoms. The van der Waals surface area contributed by atoms with Gasteiger partial charge < -0.3 is 14.4 Å². The molecule has 138 valence electrons. The average Bonchev–Trinajstić information content (AvgIpc) is 3.09. The zero-order chi connectivity index (χ0) is 18.7. The molecule has 1 unspecified atom stereocenters. The summed E-state index contributed by atoms with van der Waals surface area (Å²) in [6.45, 7) is 5.14. The van der Waals surface area contributed by atoms with Crippen LogP contribution in [-0.4, -0.2) is 45.8 Å². The van der Waals surface area contributed by atoms with Crippen molar-refractivity contribution in [2.24, 2.45) is 0 Å². The molecule has 0 radical (unpaired) electrons. The lowest BCUT2D eigenvalue weighted by Gasteiger charge is -2.38. The van der Waals surface area contributed by atoms with Gasteiger partial charge >= 0.3 is 0 Å². The second-order valence-electron chi connectivity index (χ2n) is 6.58. The van der Waals surface area contributed by atoms with Gasteiger partial charge in [0.2, 0.25) is 11.8 Å². The number of rotatable bonds is 5. The average molecular weight is 357 g/mol. The lowest BCUT2D eigenvalue weighted by atomic mass is 9.99. The number of halogens is 1. The van der Waals surface area contributed by atoms with Gasteiger partial charge in [0.1, 0.15) is 11.9 Å². The first-order valence-electron chi connectivity index (χ1n) is 8.97. The van der Waals surface area contributed by atoms with Gasteiger partial charge in [0.25, 0.3) is 0 Å². The highest BCUT2D eigenvalue weighted by molar-refractivity contribution is 5.84. The minimum absolute atomic E-state index is 0.0227. The van der Waals surface area contributed by atoms with E-state index in [0.717, 1.165) is 12.1 Å². The maximum atomic E-state index is 14.5. The SMILES string of the molecule is CCCN(CC(=O)N1CCn2cccc2C1c1ccccc1F)C(C)=O. The van der Waals surface area contributed by atoms with Crippen molar-refractivity contribution in [2.75, 3.05) is 19.6 Å². The third-order valence-electron chi connectivity index (χ3n) is 4.82. The molecule has 1 atom stereocenters. The largest absolute Gasteiger partial charge is 0.348 e. The lowest BCUT2D eigenvalue weighted by Crippen LogP contribution is -2.48. The molecule has 3 rings (SSSR count). The zero-order valence-electron chi connectivity index (χ0n) is 15.2. The highest BCUT2D eigenvalue weighted by Crippen LogP contribution is 2.33. The number of hydrogen-bond acceptors (Lipinski definition) is 2. The fourth-order valence-electron chi connectivity index (χ4n) is 3.55. The third-order valence-corrected chi connectivity index (χ3v) is 4.82. The summed E-state index contributed by atoms with van der Waals surface area (Å²) in [7, 11) is 0. The summed E-state index contributed by atoms with van der Waals surface area (Å²) in [6, 6.07) is 9.91. The van der Waals surface area contributed by atoms with Crippen LogP contribution in [0.3, 0.4) is 0 Å². The van der Waals surface area contributed by atoms with E-state index in [4.69, 9.17) is 0 Å². The summed E-state index contributed by atoms with van der Waals surface area (Å²) < 4.78 is 16.6. The summed E-state index contributed by atoms with van der Waals surface area (Å²) in [5, 5.41) is 0. The Morgan fingerprint density at radius 3 is 2.65 bits per heavy atom. The Hall–Kier alpha value is -2.63. The van der Waals surface area contributed by atoms with E-state index in [1.807, 2.05) is 25.3 Å². The van der Waals surface area contributed by atoms with Crippen molar-refractivity contribution in [3.8, 4) is 0 Å². The molecule has 0 saturated carbocycles. The Kier molecular flexibility index (Phi) is 5.40. The number of nitrogens with zero attached hydrogens (tertiary/aromatic N) is 3. The number of fused-ring (bicyclic) bond motifs is 1. The van der Waals surface area contributed by atoms with E-state index in [2.05, 4.69) is 4.57 Å². The Balaban J connectivity index is 1.94. The van der Waals surface area contributed by atoms with Crippen LogP contribution < -0.4 is 0 Å². The van der Waals surface area contributed by atoms with Crippen LogP contribution in [0.2, 0.25) is 0 Å². The Morgan fingerprint density at radius 1 is 1.19 bits per heavy atom. The van der Waals surface area contributed by atoms with Gasteiger partial charge in [-0.1, -0.05) is 25.1 Å². The van der Waals surface area contributed by atoms with E-state index < -0.39 is 6.04 Å². The molecule has 2 amide bonds. The summed E-state index contributed by atoms with van der Waals surface area (Å²) >= 11 is 0. The second-order valence-corrected chi connectivity index (χ2v) is 6.58. The third kappa shape index (κ3) is 3.49. The molecule has 0 bridgehead atoms. The van der Waals surface area contributed by atoms with Crippen molar-refractivity contribution < 1.29 is 14.0 Å². The predicted octanol–water partition coefficient (Wildman–Crippen LogP) is 2.82. The van der Waals surface area contributed by atoms with Gasteiger partial charge in [0, 0.05) is 44.0 Å². The molecule has 0 spiro atoms. The Morgan fingerprint density at radius 2 is 1.96 bits per heavy atom. The smallest absolute Gasteiger partial charge is 0.243 e. The minimum Gasteiger partial charge on any atom is -0.348 e. The van der Waals surface area contributed by atoms with Gasteiger partial charge in [-0.3, -0.25) is 9.59 Å². The molecule has 1 aromatic heterocycles. The summed E-state index contributed by atoms with van der Waals surface area (Å²) in [6.07, 6.45) is 2.73. The molecule has 0 fully saturated rings. The number of carbonyl (C=O) groups is 2. The van der Waals surface area contributed by atoms with Crippen LogP contribution >= 0.6 is 0 Å². The standard InChI is InChI=1S/C20H24FN3O2/c1-3-10-23(15(2)25)14-19(26)24-13-12-22-11-6-9-18(22)20(24)16-7-4-5-8-17(16)21/h4-9,11,20H,3,10,12-14H2,1-2H3.